The Kier molecular flexibility index (Phi) is 5.37. The maximum atomic E-state index is 12.4. The van der Waals surface area contributed by atoms with E-state index in [0.717, 1.165) is 23.3 Å². The predicted octanol–water partition coefficient (Wildman–Crippen LogP) is 4.41. The van der Waals surface area contributed by atoms with Gasteiger partial charge in [0.1, 0.15) is 11.5 Å². The van der Waals surface area contributed by atoms with E-state index in [0.29, 0.717) is 24.3 Å². The molecule has 0 spiro atoms. The van der Waals surface area contributed by atoms with Gasteiger partial charge in [0, 0.05) is 19.1 Å². The normalized spacial score (nSPS) is 14.4. The Balaban J connectivity index is 1.56. The van der Waals surface area contributed by atoms with Crippen molar-refractivity contribution in [3.63, 3.8) is 0 Å². The first-order chi connectivity index (χ1) is 14.4. The molecule has 3 aromatic carbocycles. The van der Waals surface area contributed by atoms with Gasteiger partial charge < -0.3 is 4.74 Å². The van der Waals surface area contributed by atoms with Crippen LogP contribution in [0, 0.1) is 0 Å². The molecule has 0 saturated heterocycles. The van der Waals surface area contributed by atoms with Gasteiger partial charge in [-0.3, -0.25) is 4.79 Å². The molecule has 3 aromatic rings. The van der Waals surface area contributed by atoms with Crippen LogP contribution in [0.3, 0.4) is 0 Å². The highest BCUT2D eigenvalue weighted by molar-refractivity contribution is 7.90. The van der Waals surface area contributed by atoms with Crippen molar-refractivity contribution in [2.75, 3.05) is 11.3 Å². The molecule has 30 heavy (non-hydrogen) atoms. The summed E-state index contributed by atoms with van der Waals surface area (Å²) >= 11 is 0. The Morgan fingerprint density at radius 1 is 0.833 bits per heavy atom. The molecule has 0 radical (unpaired) electrons. The van der Waals surface area contributed by atoms with Gasteiger partial charge in [0.15, 0.2) is 9.84 Å². The molecule has 0 aliphatic carbocycles. The lowest BCUT2D eigenvalue weighted by atomic mass is 10.0. The predicted molar refractivity (Wildman–Crippen MR) is 116 cm³/mol. The van der Waals surface area contributed by atoms with Crippen LogP contribution in [-0.2, 0) is 14.6 Å². The van der Waals surface area contributed by atoms with E-state index in [4.69, 9.17) is 4.74 Å². The Hall–Kier alpha value is -3.45. The summed E-state index contributed by atoms with van der Waals surface area (Å²) < 4.78 is 29.1. The number of hydrogen-bond donors (Lipinski definition) is 0. The molecule has 0 aromatic heterocycles. The molecule has 1 amide bonds. The number of anilines is 1. The summed E-state index contributed by atoms with van der Waals surface area (Å²) in [6.45, 7) is 0. The first-order valence-corrected chi connectivity index (χ1v) is 11.3. The van der Waals surface area contributed by atoms with Crippen LogP contribution in [0.5, 0.6) is 11.5 Å². The minimum Gasteiger partial charge on any atom is -0.457 e. The van der Waals surface area contributed by atoms with Crippen molar-refractivity contribution in [3.05, 3.63) is 84.4 Å². The third kappa shape index (κ3) is 4.41. The lowest BCUT2D eigenvalue weighted by Gasteiger charge is -2.24. The maximum Gasteiger partial charge on any atom is 0.247 e. The summed E-state index contributed by atoms with van der Waals surface area (Å²) in [4.78, 5) is 12.6. The third-order valence-corrected chi connectivity index (χ3v) is 5.84. The number of rotatable bonds is 5. The van der Waals surface area contributed by atoms with Crippen LogP contribution in [0.25, 0.3) is 0 Å². The van der Waals surface area contributed by atoms with Crippen molar-refractivity contribution < 1.29 is 17.9 Å². The molecule has 1 aliphatic heterocycles. The Bertz CT molecular complexity index is 1190. The van der Waals surface area contributed by atoms with Crippen LogP contribution in [0.2, 0.25) is 0 Å². The van der Waals surface area contributed by atoms with Crippen molar-refractivity contribution >= 4 is 27.1 Å². The van der Waals surface area contributed by atoms with Crippen LogP contribution in [-0.4, -0.2) is 26.3 Å². The summed E-state index contributed by atoms with van der Waals surface area (Å²) in [5.41, 5.74) is 2.22. The number of para-hydroxylation sites is 1. The number of hydrazone groups is 1. The van der Waals surface area contributed by atoms with Gasteiger partial charge in [-0.2, -0.15) is 5.10 Å². The van der Waals surface area contributed by atoms with E-state index >= 15 is 0 Å². The second-order valence-electron chi connectivity index (χ2n) is 6.96. The van der Waals surface area contributed by atoms with Gasteiger partial charge in [-0.15, -0.1) is 0 Å². The number of carbonyl (C=O) groups excluding carboxylic acids is 1. The lowest BCUT2D eigenvalue weighted by molar-refractivity contribution is -0.118. The molecular weight excluding hydrogens is 400 g/mol. The molecule has 0 atom stereocenters. The monoisotopic (exact) mass is 420 g/mol. The second kappa shape index (κ2) is 8.12. The number of ether oxygens (including phenoxy) is 1. The van der Waals surface area contributed by atoms with E-state index in [1.54, 1.807) is 12.1 Å². The molecule has 4 rings (SSSR count). The van der Waals surface area contributed by atoms with Crippen molar-refractivity contribution in [1.29, 1.82) is 0 Å². The third-order valence-electron chi connectivity index (χ3n) is 4.71. The van der Waals surface area contributed by atoms with E-state index in [1.165, 1.54) is 17.1 Å². The molecule has 0 N–H and O–H groups in total. The van der Waals surface area contributed by atoms with Crippen LogP contribution >= 0.6 is 0 Å². The summed E-state index contributed by atoms with van der Waals surface area (Å²) in [6, 6.07) is 23.2. The van der Waals surface area contributed by atoms with Gasteiger partial charge in [0.05, 0.1) is 16.3 Å². The quantitative estimate of drug-likeness (QED) is 0.613. The Morgan fingerprint density at radius 3 is 2.10 bits per heavy atom. The topological polar surface area (TPSA) is 76.0 Å². The first kappa shape index (κ1) is 19.8. The van der Waals surface area contributed by atoms with Gasteiger partial charge in [0.25, 0.3) is 0 Å². The van der Waals surface area contributed by atoms with Crippen molar-refractivity contribution in [3.8, 4) is 11.5 Å². The van der Waals surface area contributed by atoms with Crippen molar-refractivity contribution in [2.45, 2.75) is 17.7 Å². The van der Waals surface area contributed by atoms with Crippen LogP contribution < -0.4 is 9.75 Å². The van der Waals surface area contributed by atoms with Gasteiger partial charge in [-0.05, 0) is 66.2 Å². The van der Waals surface area contributed by atoms with Crippen molar-refractivity contribution in [2.24, 2.45) is 5.10 Å². The summed E-state index contributed by atoms with van der Waals surface area (Å²) in [5.74, 6) is 1.34. The number of amides is 1. The Morgan fingerprint density at radius 2 is 1.47 bits per heavy atom. The molecule has 1 aliphatic rings. The van der Waals surface area contributed by atoms with E-state index < -0.39 is 9.84 Å². The van der Waals surface area contributed by atoms with Crippen molar-refractivity contribution in [1.82, 2.24) is 0 Å². The zero-order valence-corrected chi connectivity index (χ0v) is 17.2. The molecule has 1 heterocycles. The van der Waals surface area contributed by atoms with Gasteiger partial charge in [-0.1, -0.05) is 18.2 Å². The standard InChI is InChI=1S/C23H20N2O4S/c1-30(27,28)21-13-9-18(10-14-21)25-23(26)16-15-22(24-25)17-7-11-20(12-8-17)29-19-5-3-2-4-6-19/h2-14H,15-16H2,1H3. The maximum absolute atomic E-state index is 12.4. The fraction of sp³-hybridized carbons (Fsp3) is 0.130. The van der Waals surface area contributed by atoms with Crippen LogP contribution in [0.4, 0.5) is 5.69 Å². The van der Waals surface area contributed by atoms with Crippen LogP contribution in [0.1, 0.15) is 18.4 Å². The average molecular weight is 420 g/mol. The zero-order valence-electron chi connectivity index (χ0n) is 16.4. The highest BCUT2D eigenvalue weighted by atomic mass is 32.2. The minimum atomic E-state index is -3.30. The smallest absolute Gasteiger partial charge is 0.247 e. The first-order valence-electron chi connectivity index (χ1n) is 9.44. The second-order valence-corrected chi connectivity index (χ2v) is 8.97. The fourth-order valence-electron chi connectivity index (χ4n) is 3.14. The summed E-state index contributed by atoms with van der Waals surface area (Å²) in [5, 5.41) is 5.85. The lowest BCUT2D eigenvalue weighted by Crippen LogP contribution is -2.31. The van der Waals surface area contributed by atoms with E-state index in [-0.39, 0.29) is 10.8 Å². The average Bonchev–Trinajstić information content (AvgIpc) is 2.75. The van der Waals surface area contributed by atoms with Gasteiger partial charge in [0.2, 0.25) is 5.91 Å². The fourth-order valence-corrected chi connectivity index (χ4v) is 3.77. The SMILES string of the molecule is CS(=O)(=O)c1ccc(N2N=C(c3ccc(Oc4ccccc4)cc3)CCC2=O)cc1. The van der Waals surface area contributed by atoms with E-state index in [9.17, 15) is 13.2 Å². The highest BCUT2D eigenvalue weighted by Gasteiger charge is 2.23. The van der Waals surface area contributed by atoms with Gasteiger partial charge in [-0.25, -0.2) is 13.4 Å². The van der Waals surface area contributed by atoms with E-state index in [2.05, 4.69) is 5.10 Å². The molecule has 152 valence electrons. The van der Waals surface area contributed by atoms with Gasteiger partial charge >= 0.3 is 0 Å². The molecule has 0 fully saturated rings. The minimum absolute atomic E-state index is 0.130. The Labute approximate surface area is 175 Å². The highest BCUT2D eigenvalue weighted by Crippen LogP contribution is 2.26. The molecular formula is C23H20N2O4S. The number of carbonyl (C=O) groups is 1. The molecule has 0 unspecified atom stereocenters. The number of nitrogens with zero attached hydrogens (tertiary/aromatic N) is 2. The molecule has 0 bridgehead atoms. The summed E-state index contributed by atoms with van der Waals surface area (Å²) in [7, 11) is -3.30. The van der Waals surface area contributed by atoms with Crippen LogP contribution in [0.15, 0.2) is 88.9 Å². The van der Waals surface area contributed by atoms with E-state index in [1.807, 2.05) is 54.6 Å². The molecule has 0 saturated carbocycles. The molecule has 6 nitrogen and oxygen atoms in total. The molecule has 7 heteroatoms. The number of sulfone groups is 1. The summed E-state index contributed by atoms with van der Waals surface area (Å²) in [6.07, 6.45) is 2.01. The number of benzene rings is 3. The largest absolute Gasteiger partial charge is 0.457 e. The zero-order chi connectivity index (χ0) is 21.1. The number of hydrogen-bond acceptors (Lipinski definition) is 5.